The van der Waals surface area contributed by atoms with Crippen molar-refractivity contribution in [1.82, 2.24) is 4.98 Å². The molecule has 0 bridgehead atoms. The molecule has 8 heteroatoms. The summed E-state index contributed by atoms with van der Waals surface area (Å²) in [7, 11) is 1.56. The summed E-state index contributed by atoms with van der Waals surface area (Å²) >= 11 is 1.32. The van der Waals surface area contributed by atoms with Crippen LogP contribution in [0.25, 0.3) is 0 Å². The molecule has 0 aliphatic carbocycles. The Morgan fingerprint density at radius 1 is 1.00 bits per heavy atom. The fourth-order valence-electron chi connectivity index (χ4n) is 2.46. The Hall–Kier alpha value is -3.39. The fourth-order valence-corrected chi connectivity index (χ4v) is 3.20. The number of benzene rings is 2. The van der Waals surface area contributed by atoms with Gasteiger partial charge in [-0.15, -0.1) is 11.3 Å². The van der Waals surface area contributed by atoms with E-state index < -0.39 is 0 Å². The van der Waals surface area contributed by atoms with Gasteiger partial charge in [0.05, 0.1) is 18.5 Å². The van der Waals surface area contributed by atoms with Gasteiger partial charge in [-0.05, 0) is 30.7 Å². The summed E-state index contributed by atoms with van der Waals surface area (Å²) in [6.07, 6.45) is 0.747. The number of carbonyl (C=O) groups excluding carboxylic acids is 2. The maximum atomic E-state index is 12.2. The van der Waals surface area contributed by atoms with Crippen LogP contribution in [0.1, 0.15) is 12.1 Å². The van der Waals surface area contributed by atoms with Crippen molar-refractivity contribution in [3.8, 4) is 5.75 Å². The smallest absolute Gasteiger partial charge is 0.325 e. The number of nitrogens with zero attached hydrogens (tertiary/aromatic N) is 1. The monoisotopic (exact) mass is 396 g/mol. The van der Waals surface area contributed by atoms with Crippen molar-refractivity contribution in [2.24, 2.45) is 0 Å². The van der Waals surface area contributed by atoms with Crippen LogP contribution in [0.2, 0.25) is 0 Å². The van der Waals surface area contributed by atoms with Crippen molar-refractivity contribution >= 4 is 39.8 Å². The maximum Gasteiger partial charge on any atom is 0.325 e. The largest absolute Gasteiger partial charge is 0.495 e. The van der Waals surface area contributed by atoms with Gasteiger partial charge in [-0.25, -0.2) is 9.78 Å². The minimum Gasteiger partial charge on any atom is -0.495 e. The molecular weight excluding hydrogens is 376 g/mol. The van der Waals surface area contributed by atoms with Crippen molar-refractivity contribution in [2.45, 2.75) is 12.8 Å². The van der Waals surface area contributed by atoms with Gasteiger partial charge in [-0.1, -0.05) is 30.3 Å². The zero-order valence-corrected chi connectivity index (χ0v) is 16.1. The molecule has 3 amide bonds. The zero-order chi connectivity index (χ0) is 19.8. The van der Waals surface area contributed by atoms with Crippen molar-refractivity contribution in [3.05, 3.63) is 65.7 Å². The Kier molecular flexibility index (Phi) is 6.59. The summed E-state index contributed by atoms with van der Waals surface area (Å²) in [5.74, 6) is 0.481. The molecule has 0 saturated carbocycles. The number of rotatable bonds is 7. The molecule has 0 unspecified atom stereocenters. The van der Waals surface area contributed by atoms with Crippen LogP contribution < -0.4 is 20.7 Å². The van der Waals surface area contributed by atoms with Gasteiger partial charge in [-0.3, -0.25) is 10.1 Å². The first-order valence-electron chi connectivity index (χ1n) is 8.64. The molecule has 0 aliphatic heterocycles. The van der Waals surface area contributed by atoms with E-state index in [0.29, 0.717) is 28.7 Å². The van der Waals surface area contributed by atoms with E-state index in [-0.39, 0.29) is 18.4 Å². The SMILES string of the molecule is COc1ccccc1NC(=O)CCc1csc(NC(=O)Nc2ccccc2)n1. The molecule has 3 N–H and O–H groups in total. The normalized spacial score (nSPS) is 10.2. The van der Waals surface area contributed by atoms with Crippen molar-refractivity contribution in [3.63, 3.8) is 0 Å². The molecule has 0 aliphatic rings. The molecule has 2 aromatic carbocycles. The zero-order valence-electron chi connectivity index (χ0n) is 15.3. The molecule has 3 aromatic rings. The molecule has 0 saturated heterocycles. The topological polar surface area (TPSA) is 92.4 Å². The molecule has 144 valence electrons. The highest BCUT2D eigenvalue weighted by molar-refractivity contribution is 7.13. The van der Waals surface area contributed by atoms with Gasteiger partial charge < -0.3 is 15.4 Å². The number of aryl methyl sites for hydroxylation is 1. The van der Waals surface area contributed by atoms with Gasteiger partial charge in [0, 0.05) is 17.5 Å². The number of aromatic nitrogens is 1. The summed E-state index contributed by atoms with van der Waals surface area (Å²) < 4.78 is 5.22. The number of ether oxygens (including phenoxy) is 1. The molecule has 1 aromatic heterocycles. The Bertz CT molecular complexity index is 943. The number of urea groups is 1. The molecule has 3 rings (SSSR count). The quantitative estimate of drug-likeness (QED) is 0.553. The van der Waals surface area contributed by atoms with E-state index in [1.807, 2.05) is 35.7 Å². The Labute approximate surface area is 166 Å². The lowest BCUT2D eigenvalue weighted by molar-refractivity contribution is -0.116. The van der Waals surface area contributed by atoms with Crippen LogP contribution in [0.15, 0.2) is 60.0 Å². The highest BCUT2D eigenvalue weighted by Gasteiger charge is 2.10. The molecule has 0 spiro atoms. The maximum absolute atomic E-state index is 12.2. The number of nitrogens with one attached hydrogen (secondary N) is 3. The van der Waals surface area contributed by atoms with E-state index in [2.05, 4.69) is 20.9 Å². The number of methoxy groups -OCH3 is 1. The standard InChI is InChI=1S/C20H20N4O3S/c1-27-17-10-6-5-9-16(17)23-18(25)12-11-15-13-28-20(22-15)24-19(26)21-14-7-3-2-4-8-14/h2-10,13H,11-12H2,1H3,(H,23,25)(H2,21,22,24,26). The number of para-hydroxylation sites is 3. The predicted molar refractivity (Wildman–Crippen MR) is 111 cm³/mol. The molecule has 7 nitrogen and oxygen atoms in total. The lowest BCUT2D eigenvalue weighted by Gasteiger charge is -2.09. The van der Waals surface area contributed by atoms with Crippen molar-refractivity contribution in [1.29, 1.82) is 0 Å². The summed E-state index contributed by atoms with van der Waals surface area (Å²) in [4.78, 5) is 28.5. The van der Waals surface area contributed by atoms with E-state index in [9.17, 15) is 9.59 Å². The predicted octanol–water partition coefficient (Wildman–Crippen LogP) is 4.37. The van der Waals surface area contributed by atoms with Gasteiger partial charge in [0.25, 0.3) is 0 Å². The number of carbonyl (C=O) groups is 2. The van der Waals surface area contributed by atoms with E-state index in [1.54, 1.807) is 31.4 Å². The summed E-state index contributed by atoms with van der Waals surface area (Å²) in [5.41, 5.74) is 2.08. The van der Waals surface area contributed by atoms with E-state index >= 15 is 0 Å². The third kappa shape index (κ3) is 5.55. The first kappa shape index (κ1) is 19.4. The third-order valence-corrected chi connectivity index (χ3v) is 4.60. The van der Waals surface area contributed by atoms with Crippen molar-refractivity contribution < 1.29 is 14.3 Å². The van der Waals surface area contributed by atoms with Crippen LogP contribution in [0.4, 0.5) is 21.3 Å². The summed E-state index contributed by atoms with van der Waals surface area (Å²) in [6, 6.07) is 16.0. The lowest BCUT2D eigenvalue weighted by atomic mass is 10.2. The summed E-state index contributed by atoms with van der Waals surface area (Å²) in [6.45, 7) is 0. The van der Waals surface area contributed by atoms with Gasteiger partial charge in [0.1, 0.15) is 5.75 Å². The molecule has 0 atom stereocenters. The third-order valence-electron chi connectivity index (χ3n) is 3.79. The summed E-state index contributed by atoms with van der Waals surface area (Å²) in [5, 5.41) is 10.6. The van der Waals surface area contributed by atoms with Gasteiger partial charge in [-0.2, -0.15) is 0 Å². The second-order valence-electron chi connectivity index (χ2n) is 5.84. The molecule has 0 radical (unpaired) electrons. The Morgan fingerprint density at radius 2 is 1.75 bits per heavy atom. The number of anilines is 3. The first-order valence-corrected chi connectivity index (χ1v) is 9.52. The van der Waals surface area contributed by atoms with E-state index in [0.717, 1.165) is 5.69 Å². The number of hydrogen-bond donors (Lipinski definition) is 3. The van der Waals surface area contributed by atoms with E-state index in [1.165, 1.54) is 11.3 Å². The molecule has 1 heterocycles. The molecular formula is C20H20N4O3S. The highest BCUT2D eigenvalue weighted by atomic mass is 32.1. The molecule has 0 fully saturated rings. The van der Waals surface area contributed by atoms with Crippen LogP contribution in [-0.4, -0.2) is 24.0 Å². The molecule has 28 heavy (non-hydrogen) atoms. The average molecular weight is 396 g/mol. The minimum absolute atomic E-state index is 0.131. The van der Waals surface area contributed by atoms with Crippen LogP contribution >= 0.6 is 11.3 Å². The number of hydrogen-bond acceptors (Lipinski definition) is 5. The number of thiazole rings is 1. The van der Waals surface area contributed by atoms with Gasteiger partial charge in [0.15, 0.2) is 5.13 Å². The number of amides is 3. The van der Waals surface area contributed by atoms with E-state index in [4.69, 9.17) is 4.74 Å². The second kappa shape index (κ2) is 9.52. The Morgan fingerprint density at radius 3 is 2.54 bits per heavy atom. The average Bonchev–Trinajstić information content (AvgIpc) is 3.14. The van der Waals surface area contributed by atoms with Crippen LogP contribution in [0.5, 0.6) is 5.75 Å². The second-order valence-corrected chi connectivity index (χ2v) is 6.70. The van der Waals surface area contributed by atoms with Gasteiger partial charge >= 0.3 is 6.03 Å². The first-order chi connectivity index (χ1) is 13.6. The fraction of sp³-hybridized carbons (Fsp3) is 0.150. The lowest BCUT2D eigenvalue weighted by Crippen LogP contribution is -2.19. The van der Waals surface area contributed by atoms with Crippen LogP contribution in [0, 0.1) is 0 Å². The highest BCUT2D eigenvalue weighted by Crippen LogP contribution is 2.23. The van der Waals surface area contributed by atoms with Crippen molar-refractivity contribution in [2.75, 3.05) is 23.1 Å². The van der Waals surface area contributed by atoms with Gasteiger partial charge in [0.2, 0.25) is 5.91 Å². The van der Waals surface area contributed by atoms with Crippen LogP contribution in [-0.2, 0) is 11.2 Å². The Balaban J connectivity index is 1.48. The minimum atomic E-state index is -0.360. The van der Waals surface area contributed by atoms with Crippen LogP contribution in [0.3, 0.4) is 0 Å².